The van der Waals surface area contributed by atoms with Gasteiger partial charge in [-0.25, -0.2) is 9.59 Å². The van der Waals surface area contributed by atoms with E-state index in [0.717, 1.165) is 6.42 Å². The van der Waals surface area contributed by atoms with Crippen LogP contribution in [0.2, 0.25) is 0 Å². The van der Waals surface area contributed by atoms with Gasteiger partial charge in [0.2, 0.25) is 0 Å². The van der Waals surface area contributed by atoms with E-state index in [1.807, 2.05) is 6.92 Å². The molecule has 0 aromatic carbocycles. The van der Waals surface area contributed by atoms with Gasteiger partial charge in [0, 0.05) is 12.9 Å². The number of amides is 2. The van der Waals surface area contributed by atoms with Crippen molar-refractivity contribution in [2.45, 2.75) is 25.4 Å². The van der Waals surface area contributed by atoms with E-state index in [-0.39, 0.29) is 12.1 Å². The predicted molar refractivity (Wildman–Crippen MR) is 65.1 cm³/mol. The van der Waals surface area contributed by atoms with Gasteiger partial charge in [-0.2, -0.15) is 0 Å². The van der Waals surface area contributed by atoms with Crippen molar-refractivity contribution in [3.63, 3.8) is 0 Å². The van der Waals surface area contributed by atoms with Gasteiger partial charge >= 0.3 is 12.0 Å². The highest BCUT2D eigenvalue weighted by atomic mass is 32.2. The Morgan fingerprint density at radius 1 is 1.65 bits per heavy atom. The highest BCUT2D eigenvalue weighted by Crippen LogP contribution is 2.21. The van der Waals surface area contributed by atoms with Gasteiger partial charge in [-0.05, 0) is 6.42 Å². The normalized spacial score (nSPS) is 21.3. The molecule has 0 aromatic rings. The molecule has 1 saturated heterocycles. The number of hydrogen-bond acceptors (Lipinski definition) is 4. The molecular weight excluding hydrogens is 244 g/mol. The van der Waals surface area contributed by atoms with Gasteiger partial charge in [0.1, 0.15) is 6.04 Å². The molecule has 98 valence electrons. The van der Waals surface area contributed by atoms with E-state index < -0.39 is 12.0 Å². The second-order valence-electron chi connectivity index (χ2n) is 3.83. The molecule has 0 aromatic heterocycles. The Balaban J connectivity index is 2.54. The molecule has 0 spiro atoms. The van der Waals surface area contributed by atoms with Crippen molar-refractivity contribution < 1.29 is 19.4 Å². The number of hydrogen-bond donors (Lipinski definition) is 2. The molecular formula is C10H18N2O4S. The van der Waals surface area contributed by atoms with Gasteiger partial charge in [-0.3, -0.25) is 0 Å². The maximum absolute atomic E-state index is 11.9. The van der Waals surface area contributed by atoms with Crippen molar-refractivity contribution in [2.75, 3.05) is 25.3 Å². The fourth-order valence-corrected chi connectivity index (χ4v) is 2.71. The zero-order chi connectivity index (χ0) is 12.8. The van der Waals surface area contributed by atoms with Crippen LogP contribution in [0, 0.1) is 0 Å². The number of carboxylic acids is 1. The number of carbonyl (C=O) groups excluding carboxylic acids is 1. The number of carboxylic acid groups (broad SMARTS) is 1. The molecule has 0 radical (unpaired) electrons. The smallest absolute Gasteiger partial charge is 0.327 e. The average Bonchev–Trinajstić information content (AvgIpc) is 2.77. The summed E-state index contributed by atoms with van der Waals surface area (Å²) in [5.74, 6) is -0.0827. The molecule has 17 heavy (non-hydrogen) atoms. The van der Waals surface area contributed by atoms with Crippen molar-refractivity contribution in [1.29, 1.82) is 0 Å². The van der Waals surface area contributed by atoms with E-state index >= 15 is 0 Å². The lowest BCUT2D eigenvalue weighted by molar-refractivity contribution is -0.140. The lowest BCUT2D eigenvalue weighted by atomic mass is 10.2. The first-order valence-electron chi connectivity index (χ1n) is 5.46. The number of ether oxygens (including phenoxy) is 1. The Hall–Kier alpha value is -0.950. The molecule has 1 rings (SSSR count). The number of thioether (sulfide) groups is 1. The largest absolute Gasteiger partial charge is 0.480 e. The standard InChI is InChI=1S/C10H18N2O4S/c1-3-7(4-16-2)11-10(15)12-6-17-5-8(12)9(13)14/h7-8H,3-6H2,1-2H3,(H,11,15)(H,13,14)/t7?,8-/m0/s1. The SMILES string of the molecule is CCC(COC)NC(=O)N1CSC[C@H]1C(=O)O. The second-order valence-corrected chi connectivity index (χ2v) is 4.83. The Morgan fingerprint density at radius 2 is 2.35 bits per heavy atom. The third kappa shape index (κ3) is 3.78. The number of carbonyl (C=O) groups is 2. The highest BCUT2D eigenvalue weighted by molar-refractivity contribution is 7.99. The van der Waals surface area contributed by atoms with Crippen LogP contribution >= 0.6 is 11.8 Å². The molecule has 0 saturated carbocycles. The zero-order valence-electron chi connectivity index (χ0n) is 10.0. The molecule has 1 aliphatic heterocycles. The zero-order valence-corrected chi connectivity index (χ0v) is 10.8. The maximum atomic E-state index is 11.9. The predicted octanol–water partition coefficient (Wildman–Crippen LogP) is 0.580. The molecule has 2 amide bonds. The lowest BCUT2D eigenvalue weighted by Gasteiger charge is -2.24. The van der Waals surface area contributed by atoms with Crippen molar-refractivity contribution in [3.8, 4) is 0 Å². The van der Waals surface area contributed by atoms with E-state index in [4.69, 9.17) is 9.84 Å². The summed E-state index contributed by atoms with van der Waals surface area (Å²) in [5.41, 5.74) is 0. The Bertz CT molecular complexity index is 287. The van der Waals surface area contributed by atoms with E-state index in [1.165, 1.54) is 16.7 Å². The van der Waals surface area contributed by atoms with E-state index in [1.54, 1.807) is 7.11 Å². The van der Waals surface area contributed by atoms with E-state index in [0.29, 0.717) is 18.2 Å². The first-order chi connectivity index (χ1) is 8.10. The summed E-state index contributed by atoms with van der Waals surface area (Å²) in [6.45, 7) is 2.37. The van der Waals surface area contributed by atoms with E-state index in [2.05, 4.69) is 5.32 Å². The summed E-state index contributed by atoms with van der Waals surface area (Å²) >= 11 is 1.45. The molecule has 1 fully saturated rings. The fourth-order valence-electron chi connectivity index (χ4n) is 1.57. The molecule has 0 aliphatic carbocycles. The van der Waals surface area contributed by atoms with Crippen LogP contribution in [0.1, 0.15) is 13.3 Å². The Kier molecular flexibility index (Phi) is 5.57. The summed E-state index contributed by atoms with van der Waals surface area (Å²) in [4.78, 5) is 24.2. The number of rotatable bonds is 5. The maximum Gasteiger partial charge on any atom is 0.327 e. The molecule has 0 bridgehead atoms. The van der Waals surface area contributed by atoms with Crippen LogP contribution in [0.15, 0.2) is 0 Å². The number of nitrogens with zero attached hydrogens (tertiary/aromatic N) is 1. The quantitative estimate of drug-likeness (QED) is 0.757. The average molecular weight is 262 g/mol. The summed E-state index contributed by atoms with van der Waals surface area (Å²) < 4.78 is 4.98. The van der Waals surface area contributed by atoms with E-state index in [9.17, 15) is 9.59 Å². The minimum atomic E-state index is -0.954. The van der Waals surface area contributed by atoms with Crippen molar-refractivity contribution >= 4 is 23.8 Å². The van der Waals surface area contributed by atoms with Crippen LogP contribution in [0.25, 0.3) is 0 Å². The summed E-state index contributed by atoms with van der Waals surface area (Å²) in [6, 6.07) is -1.13. The second kappa shape index (κ2) is 6.70. The minimum Gasteiger partial charge on any atom is -0.480 e. The van der Waals surface area contributed by atoms with Gasteiger partial charge in [0.15, 0.2) is 0 Å². The van der Waals surface area contributed by atoms with Gasteiger partial charge in [-0.15, -0.1) is 11.8 Å². The monoisotopic (exact) mass is 262 g/mol. The van der Waals surface area contributed by atoms with Crippen LogP contribution < -0.4 is 5.32 Å². The van der Waals surface area contributed by atoms with Crippen LogP contribution in [0.5, 0.6) is 0 Å². The van der Waals surface area contributed by atoms with Crippen LogP contribution in [-0.2, 0) is 9.53 Å². The van der Waals surface area contributed by atoms with Gasteiger partial charge in [-0.1, -0.05) is 6.92 Å². The topological polar surface area (TPSA) is 78.9 Å². The molecule has 2 N–H and O–H groups in total. The summed E-state index contributed by atoms with van der Waals surface area (Å²) in [7, 11) is 1.57. The molecule has 6 nitrogen and oxygen atoms in total. The minimum absolute atomic E-state index is 0.0763. The molecule has 2 atom stereocenters. The van der Waals surface area contributed by atoms with Crippen molar-refractivity contribution in [2.24, 2.45) is 0 Å². The highest BCUT2D eigenvalue weighted by Gasteiger charge is 2.35. The van der Waals surface area contributed by atoms with Crippen LogP contribution in [0.3, 0.4) is 0 Å². The van der Waals surface area contributed by atoms with Crippen molar-refractivity contribution in [1.82, 2.24) is 10.2 Å². The third-order valence-electron chi connectivity index (χ3n) is 2.62. The summed E-state index contributed by atoms with van der Waals surface area (Å²) in [6.07, 6.45) is 0.748. The molecule has 1 unspecified atom stereocenters. The molecule has 1 heterocycles. The first kappa shape index (κ1) is 14.1. The molecule has 7 heteroatoms. The van der Waals surface area contributed by atoms with Gasteiger partial charge < -0.3 is 20.1 Å². The van der Waals surface area contributed by atoms with Gasteiger partial charge in [0.05, 0.1) is 18.5 Å². The number of aliphatic carboxylic acids is 1. The van der Waals surface area contributed by atoms with Crippen LogP contribution in [-0.4, -0.2) is 59.4 Å². The Labute approximate surface area is 105 Å². The Morgan fingerprint density at radius 3 is 2.88 bits per heavy atom. The van der Waals surface area contributed by atoms with Crippen molar-refractivity contribution in [3.05, 3.63) is 0 Å². The first-order valence-corrected chi connectivity index (χ1v) is 6.62. The summed E-state index contributed by atoms with van der Waals surface area (Å²) in [5, 5.41) is 11.7. The lowest BCUT2D eigenvalue weighted by Crippen LogP contribution is -2.50. The fraction of sp³-hybridized carbons (Fsp3) is 0.800. The number of methoxy groups -OCH3 is 1. The number of urea groups is 1. The molecule has 1 aliphatic rings. The van der Waals surface area contributed by atoms with Crippen LogP contribution in [0.4, 0.5) is 4.79 Å². The third-order valence-corrected chi connectivity index (χ3v) is 3.63. The number of nitrogens with one attached hydrogen (secondary N) is 1. The van der Waals surface area contributed by atoms with Gasteiger partial charge in [0.25, 0.3) is 0 Å².